The fraction of sp³-hybridized carbons (Fsp3) is 0.263. The molecular formula is C19H20Cl2N2O2. The summed E-state index contributed by atoms with van der Waals surface area (Å²) in [5, 5.41) is 3.89. The standard InChI is InChI=1S/C19H20Cl2N2O2/c1-23(13-14-5-3-2-4-6-14)19(25)12-18(24)22-10-9-15-7-8-16(20)11-17(15)21/h2-8,11H,9-10,12-13H2,1H3,(H,22,24). The van der Waals surface area contributed by atoms with E-state index in [2.05, 4.69) is 5.32 Å². The van der Waals surface area contributed by atoms with E-state index in [0.717, 1.165) is 11.1 Å². The predicted octanol–water partition coefficient (Wildman–Crippen LogP) is 3.70. The molecule has 6 heteroatoms. The average Bonchev–Trinajstić information content (AvgIpc) is 2.57. The van der Waals surface area contributed by atoms with Gasteiger partial charge in [-0.15, -0.1) is 0 Å². The first kappa shape index (κ1) is 19.3. The lowest BCUT2D eigenvalue weighted by atomic mass is 10.1. The zero-order chi connectivity index (χ0) is 18.2. The molecular weight excluding hydrogens is 359 g/mol. The van der Waals surface area contributed by atoms with E-state index < -0.39 is 0 Å². The Morgan fingerprint density at radius 2 is 1.80 bits per heavy atom. The normalized spacial score (nSPS) is 10.4. The van der Waals surface area contributed by atoms with Gasteiger partial charge in [0.05, 0.1) is 0 Å². The highest BCUT2D eigenvalue weighted by atomic mass is 35.5. The molecule has 0 saturated heterocycles. The number of hydrogen-bond acceptors (Lipinski definition) is 2. The third kappa shape index (κ3) is 6.40. The zero-order valence-corrected chi connectivity index (χ0v) is 15.5. The Bertz CT molecular complexity index is 735. The van der Waals surface area contributed by atoms with E-state index in [4.69, 9.17) is 23.2 Å². The molecule has 25 heavy (non-hydrogen) atoms. The molecule has 0 aliphatic heterocycles. The van der Waals surface area contributed by atoms with Crippen LogP contribution in [0.15, 0.2) is 48.5 Å². The van der Waals surface area contributed by atoms with Gasteiger partial charge in [-0.05, 0) is 29.7 Å². The Morgan fingerprint density at radius 3 is 2.48 bits per heavy atom. The summed E-state index contributed by atoms with van der Waals surface area (Å²) in [4.78, 5) is 25.6. The predicted molar refractivity (Wildman–Crippen MR) is 101 cm³/mol. The SMILES string of the molecule is CN(Cc1ccccc1)C(=O)CC(=O)NCCc1ccc(Cl)cc1Cl. The van der Waals surface area contributed by atoms with Crippen molar-refractivity contribution in [2.75, 3.05) is 13.6 Å². The Kier molecular flexibility index (Phi) is 7.29. The largest absolute Gasteiger partial charge is 0.355 e. The minimum Gasteiger partial charge on any atom is -0.355 e. The first-order valence-electron chi connectivity index (χ1n) is 7.94. The van der Waals surface area contributed by atoms with E-state index in [1.807, 2.05) is 36.4 Å². The topological polar surface area (TPSA) is 49.4 Å². The molecule has 0 fully saturated rings. The number of halogens is 2. The fourth-order valence-corrected chi connectivity index (χ4v) is 2.84. The van der Waals surface area contributed by atoms with Gasteiger partial charge in [-0.2, -0.15) is 0 Å². The minimum atomic E-state index is -0.296. The maximum atomic E-state index is 12.1. The summed E-state index contributed by atoms with van der Waals surface area (Å²) in [6.07, 6.45) is 0.410. The number of carbonyl (C=O) groups is 2. The van der Waals surface area contributed by atoms with E-state index in [0.29, 0.717) is 29.6 Å². The number of hydrogen-bond donors (Lipinski definition) is 1. The van der Waals surface area contributed by atoms with Crippen molar-refractivity contribution < 1.29 is 9.59 Å². The van der Waals surface area contributed by atoms with Crippen molar-refractivity contribution in [1.82, 2.24) is 10.2 Å². The number of nitrogens with one attached hydrogen (secondary N) is 1. The molecule has 132 valence electrons. The second-order valence-electron chi connectivity index (χ2n) is 5.75. The molecule has 2 rings (SSSR count). The maximum absolute atomic E-state index is 12.1. The molecule has 2 amide bonds. The maximum Gasteiger partial charge on any atom is 0.232 e. The summed E-state index contributed by atoms with van der Waals surface area (Å²) in [6.45, 7) is 0.892. The summed E-state index contributed by atoms with van der Waals surface area (Å²) in [6, 6.07) is 14.9. The number of nitrogens with zero attached hydrogens (tertiary/aromatic N) is 1. The van der Waals surface area contributed by atoms with Crippen molar-refractivity contribution in [3.63, 3.8) is 0 Å². The molecule has 0 saturated carbocycles. The van der Waals surface area contributed by atoms with Crippen LogP contribution in [0.5, 0.6) is 0 Å². The third-order valence-electron chi connectivity index (χ3n) is 3.73. The van der Waals surface area contributed by atoms with Crippen LogP contribution >= 0.6 is 23.2 Å². The van der Waals surface area contributed by atoms with Crippen molar-refractivity contribution >= 4 is 35.0 Å². The molecule has 0 aromatic heterocycles. The van der Waals surface area contributed by atoms with Crippen LogP contribution < -0.4 is 5.32 Å². The fourth-order valence-electron chi connectivity index (χ4n) is 2.34. The van der Waals surface area contributed by atoms with Gasteiger partial charge in [-0.1, -0.05) is 59.6 Å². The van der Waals surface area contributed by atoms with Crippen LogP contribution in [0.25, 0.3) is 0 Å². The van der Waals surface area contributed by atoms with Crippen molar-refractivity contribution in [3.05, 3.63) is 69.7 Å². The molecule has 0 radical (unpaired) electrons. The second-order valence-corrected chi connectivity index (χ2v) is 6.59. The van der Waals surface area contributed by atoms with Gasteiger partial charge in [0.15, 0.2) is 0 Å². The third-order valence-corrected chi connectivity index (χ3v) is 4.32. The number of amides is 2. The van der Waals surface area contributed by atoms with Crippen LogP contribution in [0.4, 0.5) is 0 Å². The van der Waals surface area contributed by atoms with Gasteiger partial charge in [0, 0.05) is 30.2 Å². The van der Waals surface area contributed by atoms with Crippen LogP contribution in [-0.2, 0) is 22.6 Å². The lowest BCUT2D eigenvalue weighted by molar-refractivity contribution is -0.135. The van der Waals surface area contributed by atoms with Crippen LogP contribution in [0.1, 0.15) is 17.5 Å². The van der Waals surface area contributed by atoms with E-state index >= 15 is 0 Å². The van der Waals surface area contributed by atoms with Crippen LogP contribution in [0, 0.1) is 0 Å². The first-order chi connectivity index (χ1) is 12.0. The highest BCUT2D eigenvalue weighted by Crippen LogP contribution is 2.21. The lowest BCUT2D eigenvalue weighted by Crippen LogP contribution is -2.33. The molecule has 0 bridgehead atoms. The summed E-state index contributed by atoms with van der Waals surface area (Å²) in [7, 11) is 1.69. The summed E-state index contributed by atoms with van der Waals surface area (Å²) in [5.41, 5.74) is 1.93. The van der Waals surface area contributed by atoms with Gasteiger partial charge in [-0.25, -0.2) is 0 Å². The second kappa shape index (κ2) is 9.44. The number of carbonyl (C=O) groups excluding carboxylic acids is 2. The highest BCUT2D eigenvalue weighted by Gasteiger charge is 2.14. The Morgan fingerprint density at radius 1 is 1.08 bits per heavy atom. The van der Waals surface area contributed by atoms with Crippen molar-refractivity contribution in [3.8, 4) is 0 Å². The quantitative estimate of drug-likeness (QED) is 0.746. The van der Waals surface area contributed by atoms with Crippen LogP contribution in [-0.4, -0.2) is 30.3 Å². The van der Waals surface area contributed by atoms with Gasteiger partial charge in [-0.3, -0.25) is 9.59 Å². The summed E-state index contributed by atoms with van der Waals surface area (Å²) >= 11 is 11.9. The molecule has 0 atom stereocenters. The first-order valence-corrected chi connectivity index (χ1v) is 8.70. The molecule has 2 aromatic rings. The lowest BCUT2D eigenvalue weighted by Gasteiger charge is -2.17. The van der Waals surface area contributed by atoms with Gasteiger partial charge in [0.1, 0.15) is 6.42 Å². The van der Waals surface area contributed by atoms with Gasteiger partial charge < -0.3 is 10.2 Å². The Labute approximate surface area is 157 Å². The van der Waals surface area contributed by atoms with Gasteiger partial charge in [0.2, 0.25) is 11.8 Å². The van der Waals surface area contributed by atoms with Crippen LogP contribution in [0.2, 0.25) is 10.0 Å². The van der Waals surface area contributed by atoms with E-state index in [-0.39, 0.29) is 18.2 Å². The average molecular weight is 379 g/mol. The Hall–Kier alpha value is -2.04. The monoisotopic (exact) mass is 378 g/mol. The van der Waals surface area contributed by atoms with E-state index in [9.17, 15) is 9.59 Å². The molecule has 2 aromatic carbocycles. The molecule has 4 nitrogen and oxygen atoms in total. The molecule has 0 unspecified atom stereocenters. The summed E-state index contributed by atoms with van der Waals surface area (Å²) < 4.78 is 0. The number of rotatable bonds is 7. The molecule has 0 spiro atoms. The molecule has 1 N–H and O–H groups in total. The minimum absolute atomic E-state index is 0.169. The van der Waals surface area contributed by atoms with Gasteiger partial charge >= 0.3 is 0 Å². The van der Waals surface area contributed by atoms with Crippen molar-refractivity contribution in [2.45, 2.75) is 19.4 Å². The van der Waals surface area contributed by atoms with Gasteiger partial charge in [0.25, 0.3) is 0 Å². The van der Waals surface area contributed by atoms with Crippen LogP contribution in [0.3, 0.4) is 0 Å². The Balaban J connectivity index is 1.74. The zero-order valence-electron chi connectivity index (χ0n) is 14.0. The number of benzene rings is 2. The highest BCUT2D eigenvalue weighted by molar-refractivity contribution is 6.35. The molecule has 0 aliphatic carbocycles. The summed E-state index contributed by atoms with van der Waals surface area (Å²) in [5.74, 6) is -0.513. The van der Waals surface area contributed by atoms with Crippen molar-refractivity contribution in [1.29, 1.82) is 0 Å². The molecule has 0 heterocycles. The van der Waals surface area contributed by atoms with E-state index in [1.165, 1.54) is 0 Å². The smallest absolute Gasteiger partial charge is 0.232 e. The van der Waals surface area contributed by atoms with E-state index in [1.54, 1.807) is 24.1 Å². The molecule has 0 aliphatic rings. The van der Waals surface area contributed by atoms with Crippen molar-refractivity contribution in [2.24, 2.45) is 0 Å².